The van der Waals surface area contributed by atoms with Crippen LogP contribution in [-0.4, -0.2) is 55.2 Å². The van der Waals surface area contributed by atoms with Crippen molar-refractivity contribution in [1.82, 2.24) is 0 Å². The average Bonchev–Trinajstić information content (AvgIpc) is 2.54. The van der Waals surface area contributed by atoms with Crippen LogP contribution >= 0.6 is 23.5 Å². The largest absolute Gasteiger partial charge is 0.427 e. The van der Waals surface area contributed by atoms with Crippen LogP contribution in [0.2, 0.25) is 0 Å². The van der Waals surface area contributed by atoms with E-state index in [9.17, 15) is 19.2 Å². The first-order valence-corrected chi connectivity index (χ1v) is 8.82. The third-order valence-corrected chi connectivity index (χ3v) is 3.58. The molecular weight excluding hydrogens is 360 g/mol. The quantitative estimate of drug-likeness (QED) is 0.0973. The number of carbonyl (C=O) groups is 4. The molecule has 8 nitrogen and oxygen atoms in total. The van der Waals surface area contributed by atoms with Crippen LogP contribution in [0.3, 0.4) is 0 Å². The van der Waals surface area contributed by atoms with Crippen molar-refractivity contribution >= 4 is 47.4 Å². The average molecular weight is 376 g/mol. The molecule has 0 saturated carbocycles. The van der Waals surface area contributed by atoms with Crippen LogP contribution in [-0.2, 0) is 38.1 Å². The van der Waals surface area contributed by atoms with Gasteiger partial charge in [-0.05, 0) is 11.7 Å². The van der Waals surface area contributed by atoms with E-state index in [2.05, 4.69) is 18.9 Å². The van der Waals surface area contributed by atoms with E-state index < -0.39 is 43.9 Å². The first-order valence-electron chi connectivity index (χ1n) is 6.38. The van der Waals surface area contributed by atoms with Gasteiger partial charge in [0.25, 0.3) is 0 Å². The van der Waals surface area contributed by atoms with Gasteiger partial charge in [0.05, 0.1) is 0 Å². The molecule has 0 atom stereocenters. The lowest BCUT2D eigenvalue weighted by Gasteiger charge is -2.05. The Balaban J connectivity index is 3.74. The Morgan fingerprint density at radius 2 is 1.62 bits per heavy atom. The van der Waals surface area contributed by atoms with Gasteiger partial charge >= 0.3 is 23.9 Å². The van der Waals surface area contributed by atoms with Gasteiger partial charge in [-0.3, -0.25) is 9.59 Å². The minimum Gasteiger partial charge on any atom is -0.427 e. The van der Waals surface area contributed by atoms with Crippen LogP contribution in [0.1, 0.15) is 6.42 Å². The van der Waals surface area contributed by atoms with E-state index in [-0.39, 0.29) is 0 Å². The van der Waals surface area contributed by atoms with Crippen molar-refractivity contribution in [1.29, 1.82) is 0 Å². The molecule has 0 aliphatic rings. The number of hydrogen-bond donors (Lipinski definition) is 0. The number of terminal acetylenes is 1. The monoisotopic (exact) mass is 376 g/mol. The van der Waals surface area contributed by atoms with Crippen LogP contribution in [0, 0.1) is 12.3 Å². The number of esters is 4. The summed E-state index contributed by atoms with van der Waals surface area (Å²) in [6.45, 7) is -1.33. The number of carbonyl (C=O) groups excluding carboxylic acids is 4. The molecule has 0 aromatic carbocycles. The zero-order valence-electron chi connectivity index (χ0n) is 12.9. The Hall–Kier alpha value is -2.12. The summed E-state index contributed by atoms with van der Waals surface area (Å²) in [5.41, 5.74) is 0. The zero-order valence-corrected chi connectivity index (χ0v) is 14.5. The van der Waals surface area contributed by atoms with Crippen LogP contribution in [0.4, 0.5) is 0 Å². The van der Waals surface area contributed by atoms with Crippen LogP contribution in [0.25, 0.3) is 0 Å². The van der Waals surface area contributed by atoms with Crippen LogP contribution < -0.4 is 0 Å². The lowest BCUT2D eigenvalue weighted by molar-refractivity contribution is -0.170. The summed E-state index contributed by atoms with van der Waals surface area (Å²) < 4.78 is 17.8. The molecular formula is C14H16O8S2. The fourth-order valence-electron chi connectivity index (χ4n) is 0.915. The van der Waals surface area contributed by atoms with Gasteiger partial charge in [-0.2, -0.15) is 11.8 Å². The van der Waals surface area contributed by atoms with Gasteiger partial charge in [0.15, 0.2) is 0 Å². The molecule has 10 heteroatoms. The van der Waals surface area contributed by atoms with Crippen molar-refractivity contribution in [2.24, 2.45) is 0 Å². The zero-order chi connectivity index (χ0) is 18.2. The van der Waals surface area contributed by atoms with E-state index in [0.717, 1.165) is 11.5 Å². The molecule has 0 radical (unpaired) electrons. The molecule has 0 heterocycles. The Kier molecular flexibility index (Phi) is 13.2. The molecule has 0 fully saturated rings. The molecule has 0 aromatic rings. The van der Waals surface area contributed by atoms with Crippen molar-refractivity contribution in [3.05, 3.63) is 11.5 Å². The van der Waals surface area contributed by atoms with E-state index in [4.69, 9.17) is 6.42 Å². The van der Waals surface area contributed by atoms with Crippen molar-refractivity contribution in [3.63, 3.8) is 0 Å². The molecule has 0 rings (SSSR count). The maximum absolute atomic E-state index is 11.2. The predicted molar refractivity (Wildman–Crippen MR) is 87.5 cm³/mol. The third kappa shape index (κ3) is 13.5. The number of hydrogen-bond acceptors (Lipinski definition) is 10. The maximum Gasteiger partial charge on any atom is 0.386 e. The lowest BCUT2D eigenvalue weighted by Crippen LogP contribution is -2.18. The molecule has 0 unspecified atom stereocenters. The third-order valence-electron chi connectivity index (χ3n) is 1.94. The fourth-order valence-corrected chi connectivity index (χ4v) is 2.31. The molecule has 0 aromatic heterocycles. The highest BCUT2D eigenvalue weighted by Gasteiger charge is 2.13. The number of ether oxygens (including phenoxy) is 4. The standard InChI is InChI=1S/C14H16O8S2/c1-3-11(15)19-9-21-13(17)8-14(18)22-10-20-12(16)4-5-24-7-6-23-2/h1,4-5H,6-10H2,2H3/b5-4+. The van der Waals surface area contributed by atoms with Crippen LogP contribution in [0.15, 0.2) is 11.5 Å². The van der Waals surface area contributed by atoms with Crippen LogP contribution in [0.5, 0.6) is 0 Å². The second kappa shape index (κ2) is 14.5. The van der Waals surface area contributed by atoms with Gasteiger partial charge in [-0.25, -0.2) is 9.59 Å². The Labute approximate surface area is 147 Å². The normalized spacial score (nSPS) is 9.83. The molecule has 0 aliphatic heterocycles. The molecule has 0 bridgehead atoms. The molecule has 0 N–H and O–H groups in total. The van der Waals surface area contributed by atoms with E-state index in [1.807, 2.05) is 6.26 Å². The van der Waals surface area contributed by atoms with Gasteiger partial charge < -0.3 is 18.9 Å². The van der Waals surface area contributed by atoms with Crippen molar-refractivity contribution in [2.45, 2.75) is 6.42 Å². The molecule has 0 amide bonds. The maximum atomic E-state index is 11.2. The molecule has 24 heavy (non-hydrogen) atoms. The van der Waals surface area contributed by atoms with Crippen molar-refractivity contribution in [2.75, 3.05) is 31.3 Å². The van der Waals surface area contributed by atoms with E-state index in [1.54, 1.807) is 23.1 Å². The molecule has 0 spiro atoms. The summed E-state index contributed by atoms with van der Waals surface area (Å²) in [7, 11) is 0. The SMILES string of the molecule is C#CC(=O)OCOC(=O)CC(=O)OCOC(=O)/C=C/SCCSC. The smallest absolute Gasteiger partial charge is 0.386 e. The van der Waals surface area contributed by atoms with Crippen molar-refractivity contribution in [3.8, 4) is 12.3 Å². The predicted octanol–water partition coefficient (Wildman–Crippen LogP) is 0.707. The highest BCUT2D eigenvalue weighted by Crippen LogP contribution is 2.05. The summed E-state index contributed by atoms with van der Waals surface area (Å²) in [5, 5.41) is 1.58. The van der Waals surface area contributed by atoms with E-state index in [1.165, 1.54) is 17.8 Å². The summed E-state index contributed by atoms with van der Waals surface area (Å²) in [6.07, 6.45) is 7.16. The fraction of sp³-hybridized carbons (Fsp3) is 0.429. The van der Waals surface area contributed by atoms with Gasteiger partial charge in [-0.1, -0.05) is 0 Å². The Morgan fingerprint density at radius 1 is 1.00 bits per heavy atom. The summed E-state index contributed by atoms with van der Waals surface area (Å²) >= 11 is 3.14. The highest BCUT2D eigenvalue weighted by molar-refractivity contribution is 8.04. The number of rotatable bonds is 11. The summed E-state index contributed by atoms with van der Waals surface area (Å²) in [6, 6.07) is 0. The summed E-state index contributed by atoms with van der Waals surface area (Å²) in [5.74, 6) is -0.169. The number of thioether (sulfide) groups is 2. The van der Waals surface area contributed by atoms with Gasteiger partial charge in [0.2, 0.25) is 13.6 Å². The Morgan fingerprint density at radius 3 is 2.21 bits per heavy atom. The topological polar surface area (TPSA) is 105 Å². The lowest BCUT2D eigenvalue weighted by atomic mass is 10.4. The second-order valence-corrected chi connectivity index (χ2v) is 5.65. The minimum absolute atomic E-state index is 0.628. The van der Waals surface area contributed by atoms with E-state index >= 15 is 0 Å². The highest BCUT2D eigenvalue weighted by atomic mass is 32.2. The summed E-state index contributed by atoms with van der Waals surface area (Å²) in [4.78, 5) is 44.2. The Bertz CT molecular complexity index is 509. The van der Waals surface area contributed by atoms with Crippen molar-refractivity contribution < 1.29 is 38.1 Å². The van der Waals surface area contributed by atoms with Gasteiger partial charge in [0.1, 0.15) is 6.42 Å². The second-order valence-electron chi connectivity index (χ2n) is 3.65. The molecule has 0 saturated heterocycles. The first-order chi connectivity index (χ1) is 11.5. The minimum atomic E-state index is -1.00. The molecule has 0 aliphatic carbocycles. The van der Waals surface area contributed by atoms with E-state index in [0.29, 0.717) is 0 Å². The first kappa shape index (κ1) is 21.9. The molecule has 132 valence electrons. The van der Waals surface area contributed by atoms with Gasteiger partial charge in [-0.15, -0.1) is 18.2 Å². The van der Waals surface area contributed by atoms with Gasteiger partial charge in [0, 0.05) is 23.5 Å².